The Morgan fingerprint density at radius 2 is 2.05 bits per heavy atom. The minimum atomic E-state index is -0.591. The van der Waals surface area contributed by atoms with Gasteiger partial charge in [0.25, 0.3) is 5.91 Å². The zero-order valence-electron chi connectivity index (χ0n) is 11.7. The maximum atomic E-state index is 12.2. The second-order valence-corrected chi connectivity index (χ2v) is 4.41. The van der Waals surface area contributed by atoms with Crippen molar-refractivity contribution in [3.63, 3.8) is 0 Å². The third-order valence-electron chi connectivity index (χ3n) is 3.14. The van der Waals surface area contributed by atoms with Gasteiger partial charge < -0.3 is 15.8 Å². The molecule has 0 aliphatic heterocycles. The molecule has 0 spiro atoms. The van der Waals surface area contributed by atoms with Crippen LogP contribution in [0.25, 0.3) is 10.8 Å². The topological polar surface area (TPSA) is 81.4 Å². The Bertz CT molecular complexity index is 723. The van der Waals surface area contributed by atoms with Crippen molar-refractivity contribution in [3.8, 4) is 5.75 Å². The first-order chi connectivity index (χ1) is 10.1. The number of benzene rings is 2. The van der Waals surface area contributed by atoms with Gasteiger partial charge in [-0.05, 0) is 18.2 Å². The Labute approximate surface area is 122 Å². The lowest BCUT2D eigenvalue weighted by atomic mass is 9.97. The van der Waals surface area contributed by atoms with E-state index in [4.69, 9.17) is 10.5 Å². The van der Waals surface area contributed by atoms with Crippen LogP contribution in [0, 0.1) is 0 Å². The number of nitrogens with one attached hydrogen (secondary N) is 1. The molecule has 0 heterocycles. The summed E-state index contributed by atoms with van der Waals surface area (Å²) in [7, 11) is 1.53. The van der Waals surface area contributed by atoms with Crippen LogP contribution in [-0.4, -0.2) is 25.5 Å². The zero-order chi connectivity index (χ0) is 15.4. The number of carbonyl (C=O) groups excluding carboxylic acids is 2. The SMILES string of the molecule is C=CCNC(=O)c1cccc2c(OC)ccc(C(N)=O)c12. The van der Waals surface area contributed by atoms with Gasteiger partial charge in [0.1, 0.15) is 5.75 Å². The Morgan fingerprint density at radius 3 is 2.67 bits per heavy atom. The number of amides is 2. The van der Waals surface area contributed by atoms with Crippen LogP contribution in [0.15, 0.2) is 43.0 Å². The predicted molar refractivity (Wildman–Crippen MR) is 81.5 cm³/mol. The number of hydrogen-bond donors (Lipinski definition) is 2. The lowest BCUT2D eigenvalue weighted by Gasteiger charge is -2.12. The summed E-state index contributed by atoms with van der Waals surface area (Å²) in [6.45, 7) is 3.89. The van der Waals surface area contributed by atoms with E-state index >= 15 is 0 Å². The smallest absolute Gasteiger partial charge is 0.252 e. The van der Waals surface area contributed by atoms with Crippen molar-refractivity contribution in [3.05, 3.63) is 54.1 Å². The normalized spacial score (nSPS) is 10.1. The maximum Gasteiger partial charge on any atom is 0.252 e. The standard InChI is InChI=1S/C16H16N2O3/c1-3-9-18-16(20)12-6-4-5-10-13(21-2)8-7-11(14(10)12)15(17)19/h3-8H,1,9H2,2H3,(H2,17,19)(H,18,20). The molecule has 0 bridgehead atoms. The molecule has 5 nitrogen and oxygen atoms in total. The van der Waals surface area contributed by atoms with Crippen LogP contribution in [-0.2, 0) is 0 Å². The number of carbonyl (C=O) groups is 2. The summed E-state index contributed by atoms with van der Waals surface area (Å²) < 4.78 is 5.28. The third kappa shape index (κ3) is 2.72. The molecule has 0 aliphatic rings. The highest BCUT2D eigenvalue weighted by Crippen LogP contribution is 2.31. The molecule has 0 radical (unpaired) electrons. The van der Waals surface area contributed by atoms with E-state index < -0.39 is 5.91 Å². The van der Waals surface area contributed by atoms with Crippen molar-refractivity contribution in [2.45, 2.75) is 0 Å². The Kier molecular flexibility index (Phi) is 4.23. The highest BCUT2D eigenvalue weighted by Gasteiger charge is 2.17. The molecule has 108 valence electrons. The summed E-state index contributed by atoms with van der Waals surface area (Å²) in [6, 6.07) is 8.39. The van der Waals surface area contributed by atoms with Crippen LogP contribution < -0.4 is 15.8 Å². The van der Waals surface area contributed by atoms with E-state index in [1.54, 1.807) is 36.4 Å². The van der Waals surface area contributed by atoms with Gasteiger partial charge in [-0.3, -0.25) is 9.59 Å². The monoisotopic (exact) mass is 284 g/mol. The lowest BCUT2D eigenvalue weighted by Crippen LogP contribution is -2.24. The molecule has 0 saturated carbocycles. The van der Waals surface area contributed by atoms with E-state index in [9.17, 15) is 9.59 Å². The van der Waals surface area contributed by atoms with Crippen molar-refractivity contribution in [1.29, 1.82) is 0 Å². The number of primary amides is 1. The highest BCUT2D eigenvalue weighted by atomic mass is 16.5. The quantitative estimate of drug-likeness (QED) is 0.822. The molecular weight excluding hydrogens is 268 g/mol. The molecule has 0 atom stereocenters. The Balaban J connectivity index is 2.73. The largest absolute Gasteiger partial charge is 0.496 e. The summed E-state index contributed by atoms with van der Waals surface area (Å²) >= 11 is 0. The molecule has 5 heteroatoms. The van der Waals surface area contributed by atoms with E-state index in [2.05, 4.69) is 11.9 Å². The first-order valence-electron chi connectivity index (χ1n) is 6.38. The molecule has 21 heavy (non-hydrogen) atoms. The van der Waals surface area contributed by atoms with E-state index in [1.807, 2.05) is 0 Å². The molecular formula is C16H16N2O3. The van der Waals surface area contributed by atoms with Crippen LogP contribution in [0.3, 0.4) is 0 Å². The molecule has 2 aromatic carbocycles. The third-order valence-corrected chi connectivity index (χ3v) is 3.14. The van der Waals surface area contributed by atoms with Gasteiger partial charge in [-0.15, -0.1) is 6.58 Å². The predicted octanol–water partition coefficient (Wildman–Crippen LogP) is 1.86. The molecule has 2 aromatic rings. The van der Waals surface area contributed by atoms with Gasteiger partial charge in [0, 0.05) is 28.4 Å². The highest BCUT2D eigenvalue weighted by molar-refractivity contribution is 6.16. The molecule has 0 saturated heterocycles. The van der Waals surface area contributed by atoms with Crippen molar-refractivity contribution in [2.75, 3.05) is 13.7 Å². The van der Waals surface area contributed by atoms with Gasteiger partial charge in [0.15, 0.2) is 0 Å². The lowest BCUT2D eigenvalue weighted by molar-refractivity contribution is 0.0959. The first-order valence-corrected chi connectivity index (χ1v) is 6.38. The van der Waals surface area contributed by atoms with Crippen LogP contribution in [0.2, 0.25) is 0 Å². The number of methoxy groups -OCH3 is 1. The Morgan fingerprint density at radius 1 is 1.29 bits per heavy atom. The number of fused-ring (bicyclic) bond motifs is 1. The average molecular weight is 284 g/mol. The minimum absolute atomic E-state index is 0.287. The van der Waals surface area contributed by atoms with E-state index in [0.29, 0.717) is 28.6 Å². The summed E-state index contributed by atoms with van der Waals surface area (Å²) in [5.41, 5.74) is 6.08. The molecule has 2 amide bonds. The van der Waals surface area contributed by atoms with E-state index in [0.717, 1.165) is 0 Å². The summed E-state index contributed by atoms with van der Waals surface area (Å²) in [6.07, 6.45) is 1.58. The van der Waals surface area contributed by atoms with Crippen LogP contribution in [0.5, 0.6) is 5.75 Å². The van der Waals surface area contributed by atoms with Crippen LogP contribution in [0.1, 0.15) is 20.7 Å². The summed E-state index contributed by atoms with van der Waals surface area (Å²) in [5, 5.41) is 3.85. The van der Waals surface area contributed by atoms with Gasteiger partial charge in [-0.2, -0.15) is 0 Å². The van der Waals surface area contributed by atoms with Gasteiger partial charge in [-0.25, -0.2) is 0 Å². The van der Waals surface area contributed by atoms with Crippen LogP contribution in [0.4, 0.5) is 0 Å². The minimum Gasteiger partial charge on any atom is -0.496 e. The zero-order valence-corrected chi connectivity index (χ0v) is 11.7. The molecule has 0 aromatic heterocycles. The molecule has 0 aliphatic carbocycles. The van der Waals surface area contributed by atoms with E-state index in [-0.39, 0.29) is 11.5 Å². The van der Waals surface area contributed by atoms with Crippen molar-refractivity contribution < 1.29 is 14.3 Å². The van der Waals surface area contributed by atoms with E-state index in [1.165, 1.54) is 7.11 Å². The molecule has 0 fully saturated rings. The molecule has 3 N–H and O–H groups in total. The van der Waals surface area contributed by atoms with Gasteiger partial charge >= 0.3 is 0 Å². The fourth-order valence-electron chi connectivity index (χ4n) is 2.21. The summed E-state index contributed by atoms with van der Waals surface area (Å²) in [5.74, 6) is -0.309. The number of rotatable bonds is 5. The summed E-state index contributed by atoms with van der Waals surface area (Å²) in [4.78, 5) is 23.9. The second-order valence-electron chi connectivity index (χ2n) is 4.41. The second kappa shape index (κ2) is 6.09. The number of ether oxygens (including phenoxy) is 1. The molecule has 0 unspecified atom stereocenters. The Hall–Kier alpha value is -2.82. The van der Waals surface area contributed by atoms with Crippen molar-refractivity contribution >= 4 is 22.6 Å². The maximum absolute atomic E-state index is 12.2. The number of nitrogens with two attached hydrogens (primary N) is 1. The fourth-order valence-corrected chi connectivity index (χ4v) is 2.21. The van der Waals surface area contributed by atoms with Gasteiger partial charge in [0.05, 0.1) is 7.11 Å². The molecule has 2 rings (SSSR count). The van der Waals surface area contributed by atoms with Gasteiger partial charge in [0.2, 0.25) is 5.91 Å². The van der Waals surface area contributed by atoms with Gasteiger partial charge in [-0.1, -0.05) is 18.2 Å². The average Bonchev–Trinajstić information content (AvgIpc) is 2.50. The first kappa shape index (κ1) is 14.6. The van der Waals surface area contributed by atoms with Crippen molar-refractivity contribution in [1.82, 2.24) is 5.32 Å². The fraction of sp³-hybridized carbons (Fsp3) is 0.125. The number of hydrogen-bond acceptors (Lipinski definition) is 3. The van der Waals surface area contributed by atoms with Crippen molar-refractivity contribution in [2.24, 2.45) is 5.73 Å². The van der Waals surface area contributed by atoms with Crippen LogP contribution >= 0.6 is 0 Å².